The fraction of sp³-hybridized carbons (Fsp3) is 0.444. The number of ether oxygens (including phenoxy) is 2. The number of nitrogens with one attached hydrogen (secondary N) is 1. The normalized spacial score (nSPS) is 20.2. The van der Waals surface area contributed by atoms with Gasteiger partial charge in [0.2, 0.25) is 5.91 Å². The van der Waals surface area contributed by atoms with Crippen molar-refractivity contribution in [2.24, 2.45) is 11.8 Å². The van der Waals surface area contributed by atoms with Gasteiger partial charge in [0.15, 0.2) is 0 Å². The number of anilines is 1. The fourth-order valence-corrected chi connectivity index (χ4v) is 2.59. The van der Waals surface area contributed by atoms with Gasteiger partial charge in [-0.05, 0) is 51.0 Å². The van der Waals surface area contributed by atoms with Gasteiger partial charge in [-0.2, -0.15) is 0 Å². The summed E-state index contributed by atoms with van der Waals surface area (Å²) in [4.78, 5) is 24.7. The highest BCUT2D eigenvalue weighted by molar-refractivity contribution is 5.95. The third kappa shape index (κ3) is 4.58. The van der Waals surface area contributed by atoms with E-state index in [4.69, 9.17) is 9.47 Å². The molecule has 0 aromatic heterocycles. The Kier molecular flexibility index (Phi) is 5.79. The van der Waals surface area contributed by atoms with Crippen LogP contribution in [0.15, 0.2) is 36.4 Å². The van der Waals surface area contributed by atoms with Crippen LogP contribution in [-0.2, 0) is 14.3 Å². The van der Waals surface area contributed by atoms with Gasteiger partial charge >= 0.3 is 5.97 Å². The van der Waals surface area contributed by atoms with Gasteiger partial charge in [-0.15, -0.1) is 0 Å². The lowest BCUT2D eigenvalue weighted by Gasteiger charge is -2.26. The number of hydrogen-bond donors (Lipinski definition) is 1. The van der Waals surface area contributed by atoms with E-state index in [1.54, 1.807) is 31.4 Å². The highest BCUT2D eigenvalue weighted by Crippen LogP contribution is 2.28. The van der Waals surface area contributed by atoms with Crippen molar-refractivity contribution in [1.29, 1.82) is 0 Å². The van der Waals surface area contributed by atoms with E-state index < -0.39 is 11.8 Å². The first-order chi connectivity index (χ1) is 11.0. The summed E-state index contributed by atoms with van der Waals surface area (Å²) >= 11 is 0. The topological polar surface area (TPSA) is 64.6 Å². The zero-order valence-corrected chi connectivity index (χ0v) is 13.7. The Morgan fingerprint density at radius 1 is 1.09 bits per heavy atom. The Morgan fingerprint density at radius 3 is 2.26 bits per heavy atom. The molecule has 1 aliphatic rings. The molecule has 0 heterocycles. The van der Waals surface area contributed by atoms with Crippen LogP contribution in [-0.4, -0.2) is 25.1 Å². The first-order valence-electron chi connectivity index (χ1n) is 7.81. The van der Waals surface area contributed by atoms with Crippen molar-refractivity contribution in [1.82, 2.24) is 0 Å². The van der Waals surface area contributed by atoms with Gasteiger partial charge in [0.1, 0.15) is 5.75 Å². The van der Waals surface area contributed by atoms with Crippen LogP contribution < -0.4 is 10.1 Å². The molecule has 124 valence electrons. The van der Waals surface area contributed by atoms with Crippen molar-refractivity contribution in [3.8, 4) is 5.75 Å². The number of esters is 1. The van der Waals surface area contributed by atoms with E-state index in [-0.39, 0.29) is 18.0 Å². The number of allylic oxidation sites excluding steroid dienone is 2. The SMILES string of the molecule is COc1ccc(NC(=O)[C@H]2CC=CC[C@H]2C(=O)OC(C)C)cc1. The van der Waals surface area contributed by atoms with Gasteiger partial charge < -0.3 is 14.8 Å². The molecule has 1 N–H and O–H groups in total. The second-order valence-electron chi connectivity index (χ2n) is 5.86. The lowest BCUT2D eigenvalue weighted by molar-refractivity contribution is -0.156. The molecule has 0 saturated heterocycles. The Labute approximate surface area is 136 Å². The molecule has 1 aromatic rings. The maximum atomic E-state index is 12.5. The molecule has 2 atom stereocenters. The van der Waals surface area contributed by atoms with Gasteiger partial charge in [-0.3, -0.25) is 9.59 Å². The molecule has 2 rings (SSSR count). The average molecular weight is 317 g/mol. The maximum absolute atomic E-state index is 12.5. The minimum absolute atomic E-state index is 0.162. The lowest BCUT2D eigenvalue weighted by Crippen LogP contribution is -2.36. The summed E-state index contributed by atoms with van der Waals surface area (Å²) in [5.41, 5.74) is 0.682. The smallest absolute Gasteiger partial charge is 0.310 e. The summed E-state index contributed by atoms with van der Waals surface area (Å²) in [7, 11) is 1.59. The molecule has 1 amide bonds. The molecular weight excluding hydrogens is 294 g/mol. The fourth-order valence-electron chi connectivity index (χ4n) is 2.59. The van der Waals surface area contributed by atoms with Crippen molar-refractivity contribution in [3.63, 3.8) is 0 Å². The molecule has 23 heavy (non-hydrogen) atoms. The number of methoxy groups -OCH3 is 1. The maximum Gasteiger partial charge on any atom is 0.310 e. The molecule has 0 bridgehead atoms. The van der Waals surface area contributed by atoms with Crippen molar-refractivity contribution in [2.45, 2.75) is 32.8 Å². The highest BCUT2D eigenvalue weighted by atomic mass is 16.5. The highest BCUT2D eigenvalue weighted by Gasteiger charge is 2.35. The minimum Gasteiger partial charge on any atom is -0.497 e. The Hall–Kier alpha value is -2.30. The number of carbonyl (C=O) groups is 2. The van der Waals surface area contributed by atoms with Crippen LogP contribution in [0.2, 0.25) is 0 Å². The number of rotatable bonds is 5. The summed E-state index contributed by atoms with van der Waals surface area (Å²) in [5, 5.41) is 2.86. The van der Waals surface area contributed by atoms with Crippen LogP contribution >= 0.6 is 0 Å². The third-order valence-electron chi connectivity index (χ3n) is 3.78. The Bertz CT molecular complexity index is 577. The third-order valence-corrected chi connectivity index (χ3v) is 3.78. The number of carbonyl (C=O) groups excluding carboxylic acids is 2. The van der Waals surface area contributed by atoms with E-state index in [0.29, 0.717) is 18.5 Å². The summed E-state index contributed by atoms with van der Waals surface area (Å²) in [6.07, 6.45) is 4.77. The summed E-state index contributed by atoms with van der Waals surface area (Å²) in [5.74, 6) is -0.583. The average Bonchev–Trinajstić information content (AvgIpc) is 2.55. The number of benzene rings is 1. The summed E-state index contributed by atoms with van der Waals surface area (Å²) < 4.78 is 10.4. The van der Waals surface area contributed by atoms with E-state index in [9.17, 15) is 9.59 Å². The first-order valence-corrected chi connectivity index (χ1v) is 7.81. The molecule has 0 spiro atoms. The van der Waals surface area contributed by atoms with E-state index in [1.165, 1.54) is 0 Å². The molecule has 0 saturated carbocycles. The number of amides is 1. The quantitative estimate of drug-likeness (QED) is 0.669. The zero-order chi connectivity index (χ0) is 16.8. The van der Waals surface area contributed by atoms with Gasteiger partial charge in [0.05, 0.1) is 25.0 Å². The van der Waals surface area contributed by atoms with Crippen molar-refractivity contribution < 1.29 is 19.1 Å². The number of hydrogen-bond acceptors (Lipinski definition) is 4. The van der Waals surface area contributed by atoms with E-state index in [0.717, 1.165) is 5.75 Å². The first kappa shape index (κ1) is 17.1. The molecule has 1 aliphatic carbocycles. The van der Waals surface area contributed by atoms with Gasteiger partial charge in [0.25, 0.3) is 0 Å². The van der Waals surface area contributed by atoms with Crippen LogP contribution in [0, 0.1) is 11.8 Å². The second kappa shape index (κ2) is 7.81. The largest absolute Gasteiger partial charge is 0.497 e. The second-order valence-corrected chi connectivity index (χ2v) is 5.86. The molecule has 0 radical (unpaired) electrons. The van der Waals surface area contributed by atoms with Crippen LogP contribution in [0.5, 0.6) is 5.75 Å². The van der Waals surface area contributed by atoms with Crippen molar-refractivity contribution >= 4 is 17.6 Å². The predicted molar refractivity (Wildman–Crippen MR) is 88.2 cm³/mol. The molecule has 1 aromatic carbocycles. The summed E-state index contributed by atoms with van der Waals surface area (Å²) in [6, 6.07) is 7.11. The van der Waals surface area contributed by atoms with Gasteiger partial charge in [-0.25, -0.2) is 0 Å². The molecule has 5 heteroatoms. The minimum atomic E-state index is -0.430. The van der Waals surface area contributed by atoms with Crippen LogP contribution in [0.25, 0.3) is 0 Å². The molecule has 5 nitrogen and oxygen atoms in total. The molecule has 0 aliphatic heterocycles. The van der Waals surface area contributed by atoms with Gasteiger partial charge in [-0.1, -0.05) is 12.2 Å². The molecule has 0 fully saturated rings. The monoisotopic (exact) mass is 317 g/mol. The standard InChI is InChI=1S/C18H23NO4/c1-12(2)23-18(21)16-7-5-4-6-15(16)17(20)19-13-8-10-14(22-3)11-9-13/h4-5,8-12,15-16H,6-7H2,1-3H3,(H,19,20)/t15-,16+/m0/s1. The molecule has 0 unspecified atom stereocenters. The zero-order valence-electron chi connectivity index (χ0n) is 13.7. The van der Waals surface area contributed by atoms with E-state index in [2.05, 4.69) is 5.32 Å². The van der Waals surface area contributed by atoms with Crippen LogP contribution in [0.3, 0.4) is 0 Å². The van der Waals surface area contributed by atoms with E-state index >= 15 is 0 Å². The summed E-state index contributed by atoms with van der Waals surface area (Å²) in [6.45, 7) is 3.62. The Balaban J connectivity index is 2.05. The van der Waals surface area contributed by atoms with Crippen molar-refractivity contribution in [2.75, 3.05) is 12.4 Å². The predicted octanol–water partition coefficient (Wildman–Crippen LogP) is 3.17. The van der Waals surface area contributed by atoms with E-state index in [1.807, 2.05) is 26.0 Å². The van der Waals surface area contributed by atoms with Crippen molar-refractivity contribution in [3.05, 3.63) is 36.4 Å². The molecular formula is C18H23NO4. The van der Waals surface area contributed by atoms with Crippen LogP contribution in [0.1, 0.15) is 26.7 Å². The lowest BCUT2D eigenvalue weighted by atomic mass is 9.82. The van der Waals surface area contributed by atoms with Gasteiger partial charge in [0, 0.05) is 5.69 Å². The Morgan fingerprint density at radius 2 is 1.70 bits per heavy atom. The van der Waals surface area contributed by atoms with Crippen LogP contribution in [0.4, 0.5) is 5.69 Å².